The largest absolute Gasteiger partial charge is 0.493 e. The number of hydrogen-bond acceptors (Lipinski definition) is 5. The van der Waals surface area contributed by atoms with Crippen molar-refractivity contribution in [2.75, 3.05) is 26.1 Å². The molecule has 7 nitrogen and oxygen atoms in total. The molecule has 1 aliphatic rings. The number of fused-ring (bicyclic) bond motifs is 1. The van der Waals surface area contributed by atoms with Crippen LogP contribution in [0.2, 0.25) is 5.02 Å². The summed E-state index contributed by atoms with van der Waals surface area (Å²) >= 11 is 6.17. The van der Waals surface area contributed by atoms with Gasteiger partial charge >= 0.3 is 0 Å². The Balaban J connectivity index is 1.40. The summed E-state index contributed by atoms with van der Waals surface area (Å²) < 4.78 is 16.3. The van der Waals surface area contributed by atoms with Crippen LogP contribution in [-0.4, -0.2) is 32.6 Å². The first kappa shape index (κ1) is 23.2. The molecule has 0 aromatic heterocycles. The van der Waals surface area contributed by atoms with Crippen LogP contribution in [0, 0.1) is 0 Å². The molecule has 0 saturated carbocycles. The highest BCUT2D eigenvalue weighted by Crippen LogP contribution is 2.33. The molecule has 3 aromatic carbocycles. The third-order valence-electron chi connectivity index (χ3n) is 5.27. The summed E-state index contributed by atoms with van der Waals surface area (Å²) in [5, 5.41) is 6.17. The van der Waals surface area contributed by atoms with Crippen molar-refractivity contribution in [2.24, 2.45) is 0 Å². The number of benzene rings is 3. The number of carbonyl (C=O) groups is 2. The number of ether oxygens (including phenoxy) is 3. The summed E-state index contributed by atoms with van der Waals surface area (Å²) in [5.74, 6) is 1.18. The van der Waals surface area contributed by atoms with Gasteiger partial charge in [0.1, 0.15) is 0 Å². The molecule has 1 aliphatic heterocycles. The van der Waals surface area contributed by atoms with Gasteiger partial charge in [-0.2, -0.15) is 0 Å². The molecular formula is C26H23ClN2O5. The fraction of sp³-hybridized carbons (Fsp3) is 0.154. The lowest BCUT2D eigenvalue weighted by Crippen LogP contribution is -2.27. The van der Waals surface area contributed by atoms with Crippen LogP contribution in [0.4, 0.5) is 5.69 Å². The molecule has 0 saturated heterocycles. The first-order valence-corrected chi connectivity index (χ1v) is 10.9. The molecule has 8 heteroatoms. The standard InChI is InChI=1S/C26H23ClN2O5/c1-32-22-9-7-16(13-23(22)33-2)11-12-28-25(30)18-8-10-21-20(14-18)29-26(31)24(34-21)15-17-5-3-4-6-19(17)27/h3-10,13-15H,11-12H2,1-2H3,(H,28,30)(H,29,31). The Kier molecular flexibility index (Phi) is 7.04. The predicted molar refractivity (Wildman–Crippen MR) is 131 cm³/mol. The minimum Gasteiger partial charge on any atom is -0.493 e. The Morgan fingerprint density at radius 1 is 1.06 bits per heavy atom. The quantitative estimate of drug-likeness (QED) is 0.481. The maximum Gasteiger partial charge on any atom is 0.291 e. The minimum atomic E-state index is -0.418. The molecule has 0 aliphatic carbocycles. The van der Waals surface area contributed by atoms with Crippen molar-refractivity contribution in [2.45, 2.75) is 6.42 Å². The molecule has 2 amide bonds. The zero-order valence-electron chi connectivity index (χ0n) is 18.7. The van der Waals surface area contributed by atoms with E-state index in [1.54, 1.807) is 50.6 Å². The van der Waals surface area contributed by atoms with Gasteiger partial charge in [-0.05, 0) is 60.0 Å². The van der Waals surface area contributed by atoms with Gasteiger partial charge < -0.3 is 24.8 Å². The van der Waals surface area contributed by atoms with E-state index < -0.39 is 5.91 Å². The second kappa shape index (κ2) is 10.3. The normalized spacial score (nSPS) is 13.5. The second-order valence-electron chi connectivity index (χ2n) is 7.49. The number of rotatable bonds is 7. The molecule has 34 heavy (non-hydrogen) atoms. The molecule has 0 radical (unpaired) electrons. The molecule has 3 aromatic rings. The van der Waals surface area contributed by atoms with E-state index in [1.807, 2.05) is 30.3 Å². The van der Waals surface area contributed by atoms with Crippen LogP contribution in [0.15, 0.2) is 66.4 Å². The minimum absolute atomic E-state index is 0.118. The zero-order chi connectivity index (χ0) is 24.1. The number of methoxy groups -OCH3 is 2. The van der Waals surface area contributed by atoms with E-state index in [-0.39, 0.29) is 11.7 Å². The number of anilines is 1. The number of hydrogen-bond donors (Lipinski definition) is 2. The molecule has 0 spiro atoms. The van der Waals surface area contributed by atoms with E-state index >= 15 is 0 Å². The topological polar surface area (TPSA) is 85.9 Å². The molecule has 4 rings (SSSR count). The van der Waals surface area contributed by atoms with Gasteiger partial charge in [-0.25, -0.2) is 0 Å². The number of amides is 2. The maximum absolute atomic E-state index is 12.6. The highest BCUT2D eigenvalue weighted by atomic mass is 35.5. The zero-order valence-corrected chi connectivity index (χ0v) is 19.4. The van der Waals surface area contributed by atoms with Crippen LogP contribution in [-0.2, 0) is 11.2 Å². The Hall–Kier alpha value is -3.97. The summed E-state index contributed by atoms with van der Waals surface area (Å²) in [6.45, 7) is 0.430. The van der Waals surface area contributed by atoms with Gasteiger partial charge in [0.15, 0.2) is 23.0 Å². The third kappa shape index (κ3) is 5.15. The molecule has 0 atom stereocenters. The van der Waals surface area contributed by atoms with Gasteiger partial charge in [-0.15, -0.1) is 0 Å². The smallest absolute Gasteiger partial charge is 0.291 e. The van der Waals surface area contributed by atoms with Crippen molar-refractivity contribution in [3.05, 3.63) is 88.1 Å². The van der Waals surface area contributed by atoms with Gasteiger partial charge in [0.25, 0.3) is 11.8 Å². The fourth-order valence-corrected chi connectivity index (χ4v) is 3.68. The van der Waals surface area contributed by atoms with Crippen LogP contribution in [0.3, 0.4) is 0 Å². The van der Waals surface area contributed by atoms with Crippen LogP contribution >= 0.6 is 11.6 Å². The molecule has 2 N–H and O–H groups in total. The summed E-state index contributed by atoms with van der Waals surface area (Å²) in [5.41, 5.74) is 2.51. The van der Waals surface area contributed by atoms with E-state index in [9.17, 15) is 9.59 Å². The van der Waals surface area contributed by atoms with Crippen molar-refractivity contribution in [3.63, 3.8) is 0 Å². The number of halogens is 1. The van der Waals surface area contributed by atoms with Crippen molar-refractivity contribution in [1.82, 2.24) is 5.32 Å². The Labute approximate surface area is 202 Å². The molecule has 0 fully saturated rings. The molecule has 0 bridgehead atoms. The Morgan fingerprint density at radius 3 is 2.62 bits per heavy atom. The van der Waals surface area contributed by atoms with Gasteiger partial charge in [-0.1, -0.05) is 35.9 Å². The third-order valence-corrected chi connectivity index (χ3v) is 5.62. The van der Waals surface area contributed by atoms with Crippen molar-refractivity contribution >= 4 is 35.2 Å². The Bertz CT molecular complexity index is 1270. The van der Waals surface area contributed by atoms with Gasteiger partial charge in [0.2, 0.25) is 0 Å². The highest BCUT2D eigenvalue weighted by Gasteiger charge is 2.23. The SMILES string of the molecule is COc1ccc(CCNC(=O)c2ccc3c(c2)NC(=O)C(=Cc2ccccc2Cl)O3)cc1OC. The summed E-state index contributed by atoms with van der Waals surface area (Å²) in [7, 11) is 3.16. The van der Waals surface area contributed by atoms with Gasteiger partial charge in [0.05, 0.1) is 19.9 Å². The lowest BCUT2D eigenvalue weighted by molar-refractivity contribution is -0.115. The fourth-order valence-electron chi connectivity index (χ4n) is 3.49. The monoisotopic (exact) mass is 478 g/mol. The van der Waals surface area contributed by atoms with E-state index in [2.05, 4.69) is 10.6 Å². The van der Waals surface area contributed by atoms with Crippen LogP contribution < -0.4 is 24.8 Å². The van der Waals surface area contributed by atoms with E-state index in [1.165, 1.54) is 0 Å². The van der Waals surface area contributed by atoms with E-state index in [0.717, 1.165) is 5.56 Å². The molecule has 1 heterocycles. The lowest BCUT2D eigenvalue weighted by atomic mass is 10.1. The average Bonchev–Trinajstić information content (AvgIpc) is 2.85. The maximum atomic E-state index is 12.6. The Morgan fingerprint density at radius 2 is 1.85 bits per heavy atom. The molecule has 174 valence electrons. The summed E-state index contributed by atoms with van der Waals surface area (Å²) in [6, 6.07) is 17.7. The van der Waals surface area contributed by atoms with Crippen LogP contribution in [0.1, 0.15) is 21.5 Å². The number of carbonyl (C=O) groups excluding carboxylic acids is 2. The second-order valence-corrected chi connectivity index (χ2v) is 7.90. The first-order chi connectivity index (χ1) is 16.5. The van der Waals surface area contributed by atoms with E-state index in [4.69, 9.17) is 25.8 Å². The molecule has 0 unspecified atom stereocenters. The first-order valence-electron chi connectivity index (χ1n) is 10.6. The van der Waals surface area contributed by atoms with Gasteiger partial charge in [-0.3, -0.25) is 9.59 Å². The predicted octanol–water partition coefficient (Wildman–Crippen LogP) is 4.70. The highest BCUT2D eigenvalue weighted by molar-refractivity contribution is 6.32. The molecular weight excluding hydrogens is 456 g/mol. The van der Waals surface area contributed by atoms with Gasteiger partial charge in [0, 0.05) is 17.1 Å². The van der Waals surface area contributed by atoms with Crippen molar-refractivity contribution < 1.29 is 23.8 Å². The summed E-state index contributed by atoms with van der Waals surface area (Å²) in [4.78, 5) is 25.1. The lowest BCUT2D eigenvalue weighted by Gasteiger charge is -2.20. The van der Waals surface area contributed by atoms with Crippen LogP contribution in [0.5, 0.6) is 17.2 Å². The van der Waals surface area contributed by atoms with Crippen LogP contribution in [0.25, 0.3) is 6.08 Å². The number of nitrogens with one attached hydrogen (secondary N) is 2. The average molecular weight is 479 g/mol. The summed E-state index contributed by atoms with van der Waals surface area (Å²) in [6.07, 6.45) is 2.20. The van der Waals surface area contributed by atoms with Crippen molar-refractivity contribution in [1.29, 1.82) is 0 Å². The van der Waals surface area contributed by atoms with Crippen molar-refractivity contribution in [3.8, 4) is 17.2 Å². The van der Waals surface area contributed by atoms with E-state index in [0.29, 0.717) is 52.1 Å².